The predicted molar refractivity (Wildman–Crippen MR) is 54.6 cm³/mol. The molecule has 0 saturated carbocycles. The molecule has 0 N–H and O–H groups in total. The number of benzene rings is 1. The number of rotatable bonds is 1. The summed E-state index contributed by atoms with van der Waals surface area (Å²) >= 11 is 0. The van der Waals surface area contributed by atoms with E-state index < -0.39 is 0 Å². The molecule has 0 aliphatic rings. The average Bonchev–Trinajstić information content (AvgIpc) is 2.17. The lowest BCUT2D eigenvalue weighted by atomic mass is 10.1. The van der Waals surface area contributed by atoms with Crippen LogP contribution < -0.4 is 4.57 Å². The first-order valence-corrected chi connectivity index (χ1v) is 4.70. The largest absolute Gasteiger partial charge is 0.202 e. The van der Waals surface area contributed by atoms with E-state index in [-0.39, 0.29) is 0 Å². The Labute approximate surface area is 78.6 Å². The number of hydrogen-bond donors (Lipinski definition) is 0. The van der Waals surface area contributed by atoms with Crippen LogP contribution in [-0.4, -0.2) is 0 Å². The zero-order valence-corrected chi connectivity index (χ0v) is 8.12. The van der Waals surface area contributed by atoms with Crippen molar-refractivity contribution in [3.8, 4) is 0 Å². The van der Waals surface area contributed by atoms with Crippen molar-refractivity contribution < 1.29 is 4.57 Å². The van der Waals surface area contributed by atoms with Crippen LogP contribution in [-0.2, 0) is 6.54 Å². The monoisotopic (exact) mass is 172 g/mol. The van der Waals surface area contributed by atoms with Gasteiger partial charge in [0.25, 0.3) is 0 Å². The van der Waals surface area contributed by atoms with E-state index in [0.29, 0.717) is 0 Å². The van der Waals surface area contributed by atoms with Crippen LogP contribution in [0.15, 0.2) is 36.5 Å². The minimum atomic E-state index is 1.04. The molecule has 2 rings (SSSR count). The molecule has 2 aromatic rings. The van der Waals surface area contributed by atoms with Crippen LogP contribution in [0.3, 0.4) is 0 Å². The highest BCUT2D eigenvalue weighted by Gasteiger charge is 2.04. The maximum atomic E-state index is 2.27. The molecule has 1 nitrogen and oxygen atoms in total. The summed E-state index contributed by atoms with van der Waals surface area (Å²) < 4.78 is 2.27. The summed E-state index contributed by atoms with van der Waals surface area (Å²) in [6.45, 7) is 5.36. The minimum absolute atomic E-state index is 1.04. The van der Waals surface area contributed by atoms with Crippen molar-refractivity contribution >= 4 is 10.8 Å². The molecular weight excluding hydrogens is 158 g/mol. The van der Waals surface area contributed by atoms with Gasteiger partial charge in [0.1, 0.15) is 6.54 Å². The van der Waals surface area contributed by atoms with E-state index in [0.717, 1.165) is 6.54 Å². The first-order chi connectivity index (χ1) is 6.31. The zero-order valence-electron chi connectivity index (χ0n) is 8.12. The van der Waals surface area contributed by atoms with Crippen LogP contribution in [0.2, 0.25) is 0 Å². The van der Waals surface area contributed by atoms with Crippen LogP contribution in [0.25, 0.3) is 10.8 Å². The van der Waals surface area contributed by atoms with Crippen molar-refractivity contribution in [3.05, 3.63) is 42.2 Å². The number of aryl methyl sites for hydroxylation is 2. The highest BCUT2D eigenvalue weighted by atomic mass is 14.9. The number of fused-ring (bicyclic) bond motifs is 1. The van der Waals surface area contributed by atoms with Crippen molar-refractivity contribution in [2.75, 3.05) is 0 Å². The second-order valence-electron chi connectivity index (χ2n) is 3.33. The molecule has 0 unspecified atom stereocenters. The topological polar surface area (TPSA) is 3.88 Å². The molecule has 0 fully saturated rings. The Balaban J connectivity index is 2.74. The first-order valence-electron chi connectivity index (χ1n) is 4.70. The van der Waals surface area contributed by atoms with Crippen LogP contribution in [0.1, 0.15) is 12.6 Å². The highest BCUT2D eigenvalue weighted by Crippen LogP contribution is 2.11. The minimum Gasteiger partial charge on any atom is -0.202 e. The van der Waals surface area contributed by atoms with Gasteiger partial charge in [-0.2, -0.15) is 0 Å². The van der Waals surface area contributed by atoms with Crippen molar-refractivity contribution in [3.63, 3.8) is 0 Å². The third kappa shape index (κ3) is 1.42. The Hall–Kier alpha value is -1.37. The van der Waals surface area contributed by atoms with Gasteiger partial charge in [0.2, 0.25) is 0 Å². The van der Waals surface area contributed by atoms with Crippen molar-refractivity contribution in [1.82, 2.24) is 0 Å². The summed E-state index contributed by atoms with van der Waals surface area (Å²) in [5.41, 5.74) is 1.32. The average molecular weight is 172 g/mol. The van der Waals surface area contributed by atoms with E-state index in [9.17, 15) is 0 Å². The summed E-state index contributed by atoms with van der Waals surface area (Å²) in [5, 5.41) is 2.64. The third-order valence-corrected chi connectivity index (χ3v) is 2.45. The van der Waals surface area contributed by atoms with Crippen molar-refractivity contribution in [1.29, 1.82) is 0 Å². The first kappa shape index (κ1) is 8.24. The van der Waals surface area contributed by atoms with Crippen molar-refractivity contribution in [2.45, 2.75) is 20.4 Å². The van der Waals surface area contributed by atoms with Gasteiger partial charge in [-0.05, 0) is 18.4 Å². The lowest BCUT2D eigenvalue weighted by Gasteiger charge is -1.99. The van der Waals surface area contributed by atoms with Crippen molar-refractivity contribution in [2.24, 2.45) is 0 Å². The molecule has 0 radical (unpaired) electrons. The number of hydrogen-bond acceptors (Lipinski definition) is 0. The standard InChI is InChI=1S/C12H14N/c1-3-13-9-12-7-5-4-6-11(12)8-10(13)2/h4-9H,3H2,1-2H3/q+1. The molecule has 0 atom stereocenters. The number of aromatic nitrogens is 1. The number of pyridine rings is 1. The smallest absolute Gasteiger partial charge is 0.178 e. The summed E-state index contributed by atoms with van der Waals surface area (Å²) in [7, 11) is 0. The van der Waals surface area contributed by atoms with Gasteiger partial charge < -0.3 is 0 Å². The van der Waals surface area contributed by atoms with Gasteiger partial charge in [0, 0.05) is 18.4 Å². The predicted octanol–water partition coefficient (Wildman–Crippen LogP) is 2.46. The lowest BCUT2D eigenvalue weighted by Crippen LogP contribution is -2.35. The fourth-order valence-corrected chi connectivity index (χ4v) is 1.68. The van der Waals surface area contributed by atoms with Gasteiger partial charge in [-0.1, -0.05) is 18.2 Å². The molecule has 13 heavy (non-hydrogen) atoms. The Bertz CT molecular complexity index is 432. The number of nitrogens with zero attached hydrogens (tertiary/aromatic N) is 1. The molecule has 1 aromatic carbocycles. The van der Waals surface area contributed by atoms with Gasteiger partial charge in [-0.15, -0.1) is 0 Å². The molecular formula is C12H14N+. The highest BCUT2D eigenvalue weighted by molar-refractivity contribution is 5.80. The molecule has 0 bridgehead atoms. The van der Waals surface area contributed by atoms with Crippen LogP contribution in [0.4, 0.5) is 0 Å². The van der Waals surface area contributed by atoms with Gasteiger partial charge in [0.05, 0.1) is 0 Å². The lowest BCUT2D eigenvalue weighted by molar-refractivity contribution is -0.698. The van der Waals surface area contributed by atoms with E-state index in [1.54, 1.807) is 0 Å². The van der Waals surface area contributed by atoms with Crippen LogP contribution >= 0.6 is 0 Å². The van der Waals surface area contributed by atoms with E-state index in [1.165, 1.54) is 16.5 Å². The van der Waals surface area contributed by atoms with E-state index in [4.69, 9.17) is 0 Å². The summed E-state index contributed by atoms with van der Waals surface area (Å²) in [6, 6.07) is 10.7. The normalized spacial score (nSPS) is 10.6. The van der Waals surface area contributed by atoms with Crippen LogP contribution in [0.5, 0.6) is 0 Å². The van der Waals surface area contributed by atoms with E-state index in [1.807, 2.05) is 0 Å². The Morgan fingerprint density at radius 2 is 1.85 bits per heavy atom. The van der Waals surface area contributed by atoms with Gasteiger partial charge in [-0.3, -0.25) is 0 Å². The van der Waals surface area contributed by atoms with Crippen LogP contribution in [0, 0.1) is 6.92 Å². The Kier molecular flexibility index (Phi) is 2.01. The maximum absolute atomic E-state index is 2.27. The maximum Gasteiger partial charge on any atom is 0.178 e. The molecule has 0 aliphatic carbocycles. The molecule has 0 spiro atoms. The fraction of sp³-hybridized carbons (Fsp3) is 0.250. The zero-order chi connectivity index (χ0) is 9.26. The molecule has 66 valence electrons. The molecule has 0 amide bonds. The Morgan fingerprint density at radius 3 is 2.54 bits per heavy atom. The molecule has 1 heterocycles. The molecule has 0 aliphatic heterocycles. The second-order valence-corrected chi connectivity index (χ2v) is 3.33. The molecule has 0 saturated heterocycles. The summed E-state index contributed by atoms with van der Waals surface area (Å²) in [6.07, 6.45) is 2.21. The quantitative estimate of drug-likeness (QED) is 0.582. The SMILES string of the molecule is CC[n+]1cc2ccccc2cc1C. The van der Waals surface area contributed by atoms with E-state index >= 15 is 0 Å². The third-order valence-electron chi connectivity index (χ3n) is 2.45. The molecule has 1 heteroatoms. The summed E-state index contributed by atoms with van der Waals surface area (Å²) in [4.78, 5) is 0. The molecule has 1 aromatic heterocycles. The van der Waals surface area contributed by atoms with Gasteiger partial charge in [0.15, 0.2) is 11.9 Å². The van der Waals surface area contributed by atoms with E-state index in [2.05, 4.69) is 54.9 Å². The Morgan fingerprint density at radius 1 is 1.15 bits per heavy atom. The summed E-state index contributed by atoms with van der Waals surface area (Å²) in [5.74, 6) is 0. The fourth-order valence-electron chi connectivity index (χ4n) is 1.68. The van der Waals surface area contributed by atoms with Gasteiger partial charge in [-0.25, -0.2) is 4.57 Å². The second kappa shape index (κ2) is 3.17. The van der Waals surface area contributed by atoms with Gasteiger partial charge >= 0.3 is 0 Å².